The summed E-state index contributed by atoms with van der Waals surface area (Å²) >= 11 is 5.83. The van der Waals surface area contributed by atoms with Crippen LogP contribution in [0.4, 0.5) is 4.39 Å². The van der Waals surface area contributed by atoms with Crippen molar-refractivity contribution in [3.8, 4) is 0 Å². The van der Waals surface area contributed by atoms with E-state index in [0.29, 0.717) is 12.1 Å². The van der Waals surface area contributed by atoms with Gasteiger partial charge in [-0.05, 0) is 31.4 Å². The van der Waals surface area contributed by atoms with Crippen molar-refractivity contribution in [2.45, 2.75) is 19.4 Å². The van der Waals surface area contributed by atoms with E-state index < -0.39 is 0 Å². The molecule has 1 aliphatic rings. The van der Waals surface area contributed by atoms with E-state index in [9.17, 15) is 4.39 Å². The lowest BCUT2D eigenvalue weighted by Gasteiger charge is -2.28. The highest BCUT2D eigenvalue weighted by molar-refractivity contribution is 6.30. The van der Waals surface area contributed by atoms with Crippen LogP contribution in [0.2, 0.25) is 5.02 Å². The topological polar surface area (TPSA) is 29.3 Å². The van der Waals surface area contributed by atoms with Gasteiger partial charge in [-0.15, -0.1) is 0 Å². The number of likely N-dealkylation sites (N-methyl/N-ethyl adjacent to an activating group) is 1. The molecule has 0 heterocycles. The minimum absolute atomic E-state index is 0.100. The highest BCUT2D eigenvalue weighted by Gasteiger charge is 2.34. The summed E-state index contributed by atoms with van der Waals surface area (Å²) < 4.78 is 14.0. The van der Waals surface area contributed by atoms with Gasteiger partial charge < -0.3 is 5.73 Å². The van der Waals surface area contributed by atoms with Crippen LogP contribution >= 0.6 is 11.6 Å². The van der Waals surface area contributed by atoms with Crippen LogP contribution in [0.3, 0.4) is 0 Å². The molecule has 1 aliphatic carbocycles. The highest BCUT2D eigenvalue weighted by atomic mass is 35.5. The Morgan fingerprint density at radius 1 is 1.56 bits per heavy atom. The molecule has 0 spiro atoms. The fourth-order valence-electron chi connectivity index (χ4n) is 2.47. The highest BCUT2D eigenvalue weighted by Crippen LogP contribution is 2.39. The van der Waals surface area contributed by atoms with Crippen molar-refractivity contribution < 1.29 is 4.39 Å². The molecule has 0 bridgehead atoms. The molecule has 0 saturated heterocycles. The van der Waals surface area contributed by atoms with Crippen molar-refractivity contribution in [3.05, 3.63) is 34.6 Å². The summed E-state index contributed by atoms with van der Waals surface area (Å²) in [6.07, 6.45) is 1.26. The van der Waals surface area contributed by atoms with Crippen molar-refractivity contribution in [2.75, 3.05) is 20.1 Å². The smallest absolute Gasteiger partial charge is 0.146 e. The number of halogens is 2. The average Bonchev–Trinajstić information content (AvgIpc) is 3.01. The van der Waals surface area contributed by atoms with E-state index in [2.05, 4.69) is 11.8 Å². The van der Waals surface area contributed by atoms with Crippen LogP contribution < -0.4 is 5.73 Å². The van der Waals surface area contributed by atoms with Crippen molar-refractivity contribution in [1.29, 1.82) is 0 Å². The second kappa shape index (κ2) is 5.55. The maximum Gasteiger partial charge on any atom is 0.146 e. The third kappa shape index (κ3) is 2.85. The van der Waals surface area contributed by atoms with Gasteiger partial charge in [-0.1, -0.05) is 30.7 Å². The summed E-state index contributed by atoms with van der Waals surface area (Å²) in [7, 11) is 2.00. The zero-order valence-corrected chi connectivity index (χ0v) is 11.6. The largest absolute Gasteiger partial charge is 0.329 e. The molecule has 2 N–H and O–H groups in total. The second-order valence-electron chi connectivity index (χ2n) is 5.31. The lowest BCUT2D eigenvalue weighted by Crippen LogP contribution is -2.33. The first kappa shape index (κ1) is 13.8. The molecule has 0 aromatic heterocycles. The molecular formula is C14H20ClFN2. The van der Waals surface area contributed by atoms with Gasteiger partial charge in [0.1, 0.15) is 5.82 Å². The third-order valence-electron chi connectivity index (χ3n) is 3.89. The third-order valence-corrected chi connectivity index (χ3v) is 4.19. The van der Waals surface area contributed by atoms with Gasteiger partial charge >= 0.3 is 0 Å². The molecule has 0 aliphatic heterocycles. The van der Waals surface area contributed by atoms with E-state index in [4.69, 9.17) is 17.3 Å². The molecule has 0 radical (unpaired) electrons. The Kier molecular flexibility index (Phi) is 4.25. The van der Waals surface area contributed by atoms with Crippen molar-refractivity contribution in [1.82, 2.24) is 4.90 Å². The number of nitrogens with two attached hydrogens (primary N) is 1. The maximum absolute atomic E-state index is 14.0. The minimum Gasteiger partial charge on any atom is -0.329 e. The Bertz CT molecular complexity index is 424. The van der Waals surface area contributed by atoms with E-state index in [-0.39, 0.29) is 16.9 Å². The van der Waals surface area contributed by atoms with E-state index in [1.54, 1.807) is 18.2 Å². The molecule has 1 aromatic rings. The Morgan fingerprint density at radius 3 is 2.78 bits per heavy atom. The average molecular weight is 271 g/mol. The van der Waals surface area contributed by atoms with Gasteiger partial charge in [-0.2, -0.15) is 0 Å². The van der Waals surface area contributed by atoms with Gasteiger partial charge in [0.25, 0.3) is 0 Å². The van der Waals surface area contributed by atoms with Gasteiger partial charge in [0.05, 0.1) is 5.02 Å². The van der Waals surface area contributed by atoms with Crippen LogP contribution in [0.5, 0.6) is 0 Å². The Hall–Kier alpha value is -0.640. The minimum atomic E-state index is -0.342. The van der Waals surface area contributed by atoms with Crippen LogP contribution in [0, 0.1) is 17.7 Å². The Balaban J connectivity index is 2.14. The van der Waals surface area contributed by atoms with Gasteiger partial charge in [0.2, 0.25) is 0 Å². The molecule has 0 amide bonds. The van der Waals surface area contributed by atoms with E-state index >= 15 is 0 Å². The summed E-state index contributed by atoms with van der Waals surface area (Å²) in [6.45, 7) is 3.61. The molecule has 3 unspecified atom stereocenters. The van der Waals surface area contributed by atoms with Gasteiger partial charge in [-0.3, -0.25) is 4.90 Å². The van der Waals surface area contributed by atoms with Crippen LogP contribution in [0.25, 0.3) is 0 Å². The molecule has 2 rings (SSSR count). The SMILES string of the molecule is CC1CC1CN(C)C(CN)c1cccc(Cl)c1F. The number of nitrogens with zero attached hydrogens (tertiary/aromatic N) is 1. The van der Waals surface area contributed by atoms with Crippen LogP contribution in [0.1, 0.15) is 24.9 Å². The molecular weight excluding hydrogens is 251 g/mol. The van der Waals surface area contributed by atoms with Gasteiger partial charge in [0.15, 0.2) is 0 Å². The lowest BCUT2D eigenvalue weighted by molar-refractivity contribution is 0.232. The number of hydrogen-bond donors (Lipinski definition) is 1. The second-order valence-corrected chi connectivity index (χ2v) is 5.71. The number of rotatable bonds is 5. The molecule has 2 nitrogen and oxygen atoms in total. The monoisotopic (exact) mass is 270 g/mol. The fraction of sp³-hybridized carbons (Fsp3) is 0.571. The van der Waals surface area contributed by atoms with Crippen LogP contribution in [-0.2, 0) is 0 Å². The maximum atomic E-state index is 14.0. The lowest BCUT2D eigenvalue weighted by atomic mass is 10.0. The number of benzene rings is 1. The summed E-state index contributed by atoms with van der Waals surface area (Å²) in [5.41, 5.74) is 6.40. The Morgan fingerprint density at radius 2 is 2.22 bits per heavy atom. The zero-order chi connectivity index (χ0) is 13.3. The molecule has 1 fully saturated rings. The van der Waals surface area contributed by atoms with Crippen LogP contribution in [-0.4, -0.2) is 25.0 Å². The predicted octanol–water partition coefficient (Wildman–Crippen LogP) is 3.07. The van der Waals surface area contributed by atoms with E-state index in [1.165, 1.54) is 6.42 Å². The van der Waals surface area contributed by atoms with Crippen molar-refractivity contribution in [3.63, 3.8) is 0 Å². The molecule has 18 heavy (non-hydrogen) atoms. The van der Waals surface area contributed by atoms with Crippen molar-refractivity contribution >= 4 is 11.6 Å². The van der Waals surface area contributed by atoms with Gasteiger partial charge in [-0.25, -0.2) is 4.39 Å². The summed E-state index contributed by atoms with van der Waals surface area (Å²) in [5.74, 6) is 1.17. The molecule has 1 aromatic carbocycles. The normalized spacial score (nSPS) is 24.3. The first-order valence-electron chi connectivity index (χ1n) is 6.38. The summed E-state index contributed by atoms with van der Waals surface area (Å²) in [5, 5.41) is 0.166. The first-order valence-corrected chi connectivity index (χ1v) is 6.76. The predicted molar refractivity (Wildman–Crippen MR) is 73.1 cm³/mol. The van der Waals surface area contributed by atoms with E-state index in [0.717, 1.165) is 18.4 Å². The van der Waals surface area contributed by atoms with Gasteiger partial charge in [0, 0.05) is 24.7 Å². The quantitative estimate of drug-likeness (QED) is 0.891. The molecule has 3 atom stereocenters. The van der Waals surface area contributed by atoms with E-state index in [1.807, 2.05) is 7.05 Å². The number of hydrogen-bond acceptors (Lipinski definition) is 2. The first-order chi connectivity index (χ1) is 8.54. The van der Waals surface area contributed by atoms with Crippen LogP contribution in [0.15, 0.2) is 18.2 Å². The summed E-state index contributed by atoms with van der Waals surface area (Å²) in [4.78, 5) is 2.14. The summed E-state index contributed by atoms with van der Waals surface area (Å²) in [6, 6.07) is 5.01. The standard InChI is InChI=1S/C14H20ClFN2/c1-9-6-10(9)8-18(2)13(7-17)11-4-3-5-12(15)14(11)16/h3-5,9-10,13H,6-8,17H2,1-2H3. The Labute approximate surface area is 113 Å². The molecule has 1 saturated carbocycles. The molecule has 4 heteroatoms. The fourth-order valence-corrected chi connectivity index (χ4v) is 2.65. The molecule has 100 valence electrons. The zero-order valence-electron chi connectivity index (χ0n) is 10.9. The van der Waals surface area contributed by atoms with Crippen molar-refractivity contribution in [2.24, 2.45) is 17.6 Å².